The van der Waals surface area contributed by atoms with E-state index in [4.69, 9.17) is 5.26 Å². The standard InChI is InChI=1S/C26H35N5O4/c1-17-12-18(15-27)4-5-21(17)20-6-10-31(11-7-20)26(34)24-22(25(33)29-35)13-19(16-28-24)14-23(32)30-8-2-3-9-30/h4-5,12,19-20,22,24,28,35H,2-3,6-11,13-14,16H2,1H3,(H,29,33)/t19-,22?,24?/m1/s1. The maximum atomic E-state index is 13.4. The van der Waals surface area contributed by atoms with Gasteiger partial charge in [0.2, 0.25) is 17.7 Å². The topological polar surface area (TPSA) is 126 Å². The Labute approximate surface area is 206 Å². The first-order chi connectivity index (χ1) is 16.9. The summed E-state index contributed by atoms with van der Waals surface area (Å²) in [5, 5.41) is 21.6. The molecule has 3 atom stereocenters. The van der Waals surface area contributed by atoms with Gasteiger partial charge in [-0.1, -0.05) is 6.07 Å². The molecular formula is C26H35N5O4. The smallest absolute Gasteiger partial charge is 0.248 e. The van der Waals surface area contributed by atoms with Crippen molar-refractivity contribution in [1.29, 1.82) is 5.26 Å². The summed E-state index contributed by atoms with van der Waals surface area (Å²) in [7, 11) is 0. The minimum atomic E-state index is -0.726. The van der Waals surface area contributed by atoms with Crippen molar-refractivity contribution in [1.82, 2.24) is 20.6 Å². The number of rotatable bonds is 5. The SMILES string of the molecule is Cc1cc(C#N)ccc1C1CCN(C(=O)C2NC[C@@H](CC(=O)N3CCCC3)CC2C(=O)NO)CC1. The molecule has 0 saturated carbocycles. The van der Waals surface area contributed by atoms with Gasteiger partial charge in [0, 0.05) is 32.6 Å². The summed E-state index contributed by atoms with van der Waals surface area (Å²) in [5.41, 5.74) is 4.69. The summed E-state index contributed by atoms with van der Waals surface area (Å²) in [5.74, 6) is -1.07. The van der Waals surface area contributed by atoms with E-state index in [0.717, 1.165) is 44.3 Å². The Morgan fingerprint density at radius 3 is 2.49 bits per heavy atom. The number of likely N-dealkylation sites (tertiary alicyclic amines) is 2. The number of benzene rings is 1. The second-order valence-corrected chi connectivity index (χ2v) is 10.1. The van der Waals surface area contributed by atoms with Crippen molar-refractivity contribution in [2.45, 2.75) is 57.4 Å². The van der Waals surface area contributed by atoms with E-state index in [9.17, 15) is 19.6 Å². The summed E-state index contributed by atoms with van der Waals surface area (Å²) in [6.07, 6.45) is 4.42. The summed E-state index contributed by atoms with van der Waals surface area (Å²) in [4.78, 5) is 42.2. The van der Waals surface area contributed by atoms with Crippen molar-refractivity contribution in [3.05, 3.63) is 34.9 Å². The fourth-order valence-corrected chi connectivity index (χ4v) is 5.92. The molecule has 0 spiro atoms. The molecular weight excluding hydrogens is 446 g/mol. The van der Waals surface area contributed by atoms with Crippen LogP contribution in [0.4, 0.5) is 0 Å². The molecule has 188 valence electrons. The molecule has 9 heteroatoms. The molecule has 0 aromatic heterocycles. The molecule has 2 unspecified atom stereocenters. The first-order valence-electron chi connectivity index (χ1n) is 12.7. The molecule has 1 aromatic carbocycles. The van der Waals surface area contributed by atoms with E-state index in [1.54, 1.807) is 10.4 Å². The van der Waals surface area contributed by atoms with Crippen LogP contribution in [-0.4, -0.2) is 71.5 Å². The number of carbonyl (C=O) groups excluding carboxylic acids is 3. The summed E-state index contributed by atoms with van der Waals surface area (Å²) < 4.78 is 0. The van der Waals surface area contributed by atoms with Crippen molar-refractivity contribution < 1.29 is 19.6 Å². The third-order valence-corrected chi connectivity index (χ3v) is 7.90. The Hall–Kier alpha value is -2.96. The van der Waals surface area contributed by atoms with E-state index in [0.29, 0.717) is 44.0 Å². The molecule has 3 amide bonds. The molecule has 0 bridgehead atoms. The van der Waals surface area contributed by atoms with Gasteiger partial charge in [0.05, 0.1) is 23.6 Å². The summed E-state index contributed by atoms with van der Waals surface area (Å²) >= 11 is 0. The van der Waals surface area contributed by atoms with Gasteiger partial charge in [-0.3, -0.25) is 19.6 Å². The van der Waals surface area contributed by atoms with E-state index >= 15 is 0 Å². The highest BCUT2D eigenvalue weighted by Gasteiger charge is 2.42. The number of carbonyl (C=O) groups is 3. The lowest BCUT2D eigenvalue weighted by atomic mass is 9.81. The first kappa shape index (κ1) is 25.1. The van der Waals surface area contributed by atoms with Crippen LogP contribution in [0.1, 0.15) is 61.1 Å². The summed E-state index contributed by atoms with van der Waals surface area (Å²) in [6, 6.07) is 7.22. The highest BCUT2D eigenvalue weighted by Crippen LogP contribution is 2.32. The van der Waals surface area contributed by atoms with Gasteiger partial charge in [-0.2, -0.15) is 5.26 Å². The molecule has 3 aliphatic heterocycles. The maximum Gasteiger partial charge on any atom is 0.248 e. The molecule has 35 heavy (non-hydrogen) atoms. The van der Waals surface area contributed by atoms with Gasteiger partial charge in [-0.25, -0.2) is 5.48 Å². The van der Waals surface area contributed by atoms with Crippen molar-refractivity contribution in [3.8, 4) is 6.07 Å². The van der Waals surface area contributed by atoms with Crippen LogP contribution in [0.15, 0.2) is 18.2 Å². The van der Waals surface area contributed by atoms with Crippen LogP contribution in [0.3, 0.4) is 0 Å². The minimum Gasteiger partial charge on any atom is -0.343 e. The van der Waals surface area contributed by atoms with Gasteiger partial charge in [0.15, 0.2) is 0 Å². The average Bonchev–Trinajstić information content (AvgIpc) is 3.43. The van der Waals surface area contributed by atoms with E-state index in [1.807, 2.05) is 30.0 Å². The molecule has 4 rings (SSSR count). The van der Waals surface area contributed by atoms with Crippen LogP contribution in [0.2, 0.25) is 0 Å². The van der Waals surface area contributed by atoms with E-state index in [-0.39, 0.29) is 17.7 Å². The van der Waals surface area contributed by atoms with Crippen LogP contribution >= 0.6 is 0 Å². The van der Waals surface area contributed by atoms with E-state index in [1.165, 1.54) is 5.56 Å². The molecule has 3 fully saturated rings. The zero-order chi connectivity index (χ0) is 24.9. The van der Waals surface area contributed by atoms with Crippen molar-refractivity contribution in [2.24, 2.45) is 11.8 Å². The van der Waals surface area contributed by atoms with Gasteiger partial charge in [0.25, 0.3) is 0 Å². The molecule has 0 radical (unpaired) electrons. The normalized spacial score (nSPS) is 25.2. The Morgan fingerprint density at radius 2 is 1.86 bits per heavy atom. The third kappa shape index (κ3) is 5.65. The lowest BCUT2D eigenvalue weighted by Gasteiger charge is -2.40. The van der Waals surface area contributed by atoms with Gasteiger partial charge in [-0.15, -0.1) is 0 Å². The van der Waals surface area contributed by atoms with Crippen molar-refractivity contribution in [3.63, 3.8) is 0 Å². The number of nitriles is 1. The van der Waals surface area contributed by atoms with Crippen LogP contribution in [-0.2, 0) is 14.4 Å². The predicted molar refractivity (Wildman–Crippen MR) is 128 cm³/mol. The second kappa shape index (κ2) is 11.2. The molecule has 9 nitrogen and oxygen atoms in total. The number of hydroxylamine groups is 1. The zero-order valence-corrected chi connectivity index (χ0v) is 20.3. The first-order valence-corrected chi connectivity index (χ1v) is 12.7. The lowest BCUT2D eigenvalue weighted by Crippen LogP contribution is -2.59. The Bertz CT molecular complexity index is 992. The van der Waals surface area contributed by atoms with Gasteiger partial charge in [-0.05, 0) is 80.7 Å². The third-order valence-electron chi connectivity index (χ3n) is 7.90. The molecule has 3 N–H and O–H groups in total. The lowest BCUT2D eigenvalue weighted by molar-refractivity contribution is -0.145. The number of nitrogens with one attached hydrogen (secondary N) is 2. The summed E-state index contributed by atoms with van der Waals surface area (Å²) in [6.45, 7) is 5.27. The van der Waals surface area contributed by atoms with Gasteiger partial charge < -0.3 is 15.1 Å². The predicted octanol–water partition coefficient (Wildman–Crippen LogP) is 1.68. The Morgan fingerprint density at radius 1 is 1.14 bits per heavy atom. The van der Waals surface area contributed by atoms with Crippen molar-refractivity contribution >= 4 is 17.7 Å². The molecule has 3 aliphatic rings. The van der Waals surface area contributed by atoms with Crippen LogP contribution in [0, 0.1) is 30.1 Å². The Kier molecular flexibility index (Phi) is 8.04. The van der Waals surface area contributed by atoms with Crippen LogP contribution < -0.4 is 10.8 Å². The quantitative estimate of drug-likeness (QED) is 0.434. The number of piperidine rings is 2. The van der Waals surface area contributed by atoms with Crippen LogP contribution in [0.25, 0.3) is 0 Å². The van der Waals surface area contributed by atoms with E-state index in [2.05, 4.69) is 11.4 Å². The zero-order valence-electron chi connectivity index (χ0n) is 20.3. The average molecular weight is 482 g/mol. The van der Waals surface area contributed by atoms with Gasteiger partial charge in [0.1, 0.15) is 0 Å². The monoisotopic (exact) mass is 481 g/mol. The number of hydrogen-bond acceptors (Lipinski definition) is 6. The molecule has 3 saturated heterocycles. The van der Waals surface area contributed by atoms with Crippen molar-refractivity contribution in [2.75, 3.05) is 32.7 Å². The highest BCUT2D eigenvalue weighted by atomic mass is 16.5. The number of nitrogens with zero attached hydrogens (tertiary/aromatic N) is 3. The number of amides is 3. The fraction of sp³-hybridized carbons (Fsp3) is 0.615. The highest BCUT2D eigenvalue weighted by molar-refractivity contribution is 5.90. The minimum absolute atomic E-state index is 0.0560. The van der Waals surface area contributed by atoms with E-state index < -0.39 is 17.9 Å². The molecule has 0 aliphatic carbocycles. The number of aryl methyl sites for hydroxylation is 1. The second-order valence-electron chi connectivity index (χ2n) is 10.1. The Balaban J connectivity index is 1.36. The van der Waals surface area contributed by atoms with Crippen LogP contribution in [0.5, 0.6) is 0 Å². The largest absolute Gasteiger partial charge is 0.343 e. The molecule has 1 aromatic rings. The molecule has 3 heterocycles. The van der Waals surface area contributed by atoms with Gasteiger partial charge >= 0.3 is 0 Å². The number of hydrogen-bond donors (Lipinski definition) is 3. The fourth-order valence-electron chi connectivity index (χ4n) is 5.92. The maximum absolute atomic E-state index is 13.4.